The molecule has 0 aliphatic carbocycles. The van der Waals surface area contributed by atoms with E-state index in [4.69, 9.17) is 5.11 Å². The van der Waals surface area contributed by atoms with E-state index in [2.05, 4.69) is 10.2 Å². The van der Waals surface area contributed by atoms with E-state index < -0.39 is 11.9 Å². The van der Waals surface area contributed by atoms with Gasteiger partial charge < -0.3 is 10.0 Å². The van der Waals surface area contributed by atoms with Gasteiger partial charge in [0.25, 0.3) is 5.91 Å². The number of carboxylic acid groups (broad SMARTS) is 1. The Morgan fingerprint density at radius 3 is 2.81 bits per heavy atom. The first-order chi connectivity index (χ1) is 7.59. The number of rotatable bonds is 3. The van der Waals surface area contributed by atoms with Gasteiger partial charge in [-0.05, 0) is 0 Å². The summed E-state index contributed by atoms with van der Waals surface area (Å²) in [6.07, 6.45) is 3.01. The van der Waals surface area contributed by atoms with Crippen LogP contribution in [-0.2, 0) is 4.79 Å². The van der Waals surface area contributed by atoms with Crippen LogP contribution in [-0.4, -0.2) is 45.2 Å². The van der Waals surface area contributed by atoms with E-state index in [1.807, 2.05) is 0 Å². The second kappa shape index (κ2) is 3.96. The Morgan fingerprint density at radius 1 is 1.62 bits per heavy atom. The summed E-state index contributed by atoms with van der Waals surface area (Å²) in [5, 5.41) is 15.1. The fraction of sp³-hybridized carbons (Fsp3) is 0.500. The van der Waals surface area contributed by atoms with Crippen molar-refractivity contribution in [1.82, 2.24) is 15.1 Å². The average molecular weight is 223 g/mol. The molecule has 1 aromatic heterocycles. The number of nitrogens with zero attached hydrogens (tertiary/aromatic N) is 2. The van der Waals surface area contributed by atoms with Crippen LogP contribution in [0.25, 0.3) is 0 Å². The summed E-state index contributed by atoms with van der Waals surface area (Å²) >= 11 is 0. The zero-order valence-corrected chi connectivity index (χ0v) is 8.88. The van der Waals surface area contributed by atoms with Crippen LogP contribution in [0.5, 0.6) is 0 Å². The number of H-pyrrole nitrogens is 1. The van der Waals surface area contributed by atoms with E-state index in [1.54, 1.807) is 11.8 Å². The molecule has 6 heteroatoms. The van der Waals surface area contributed by atoms with Crippen LogP contribution in [0, 0.1) is 11.8 Å². The first-order valence-corrected chi connectivity index (χ1v) is 5.10. The first kappa shape index (κ1) is 10.7. The summed E-state index contributed by atoms with van der Waals surface area (Å²) in [7, 11) is 0. The fourth-order valence-electron chi connectivity index (χ4n) is 1.75. The molecule has 1 amide bonds. The van der Waals surface area contributed by atoms with Crippen molar-refractivity contribution in [3.63, 3.8) is 0 Å². The predicted molar refractivity (Wildman–Crippen MR) is 54.8 cm³/mol. The Morgan fingerprint density at radius 2 is 2.31 bits per heavy atom. The summed E-state index contributed by atoms with van der Waals surface area (Å²) in [6.45, 7) is 2.70. The van der Waals surface area contributed by atoms with Gasteiger partial charge in [0.05, 0.1) is 17.7 Å². The third-order valence-electron chi connectivity index (χ3n) is 3.04. The third kappa shape index (κ3) is 1.78. The smallest absolute Gasteiger partial charge is 0.306 e. The van der Waals surface area contributed by atoms with Gasteiger partial charge in [0, 0.05) is 25.2 Å². The molecule has 1 saturated heterocycles. The number of amides is 1. The van der Waals surface area contributed by atoms with Gasteiger partial charge in [0.2, 0.25) is 0 Å². The van der Waals surface area contributed by atoms with Gasteiger partial charge in [-0.3, -0.25) is 14.7 Å². The molecule has 1 atom stereocenters. The standard InChI is InChI=1S/C10H13N3O3/c1-6(10(15)16)8-4-13(5-8)9(14)7-2-11-12-3-7/h2-3,6,8H,4-5H2,1H3,(H,11,12)(H,15,16). The Kier molecular flexibility index (Phi) is 2.64. The highest BCUT2D eigenvalue weighted by atomic mass is 16.4. The second-order valence-electron chi connectivity index (χ2n) is 4.08. The number of hydrogen-bond donors (Lipinski definition) is 2. The van der Waals surface area contributed by atoms with Gasteiger partial charge in [-0.15, -0.1) is 0 Å². The van der Waals surface area contributed by atoms with Crippen molar-refractivity contribution in [2.45, 2.75) is 6.92 Å². The zero-order chi connectivity index (χ0) is 11.7. The molecule has 0 saturated carbocycles. The molecule has 86 valence electrons. The monoisotopic (exact) mass is 223 g/mol. The number of carbonyl (C=O) groups excluding carboxylic acids is 1. The molecular weight excluding hydrogens is 210 g/mol. The zero-order valence-electron chi connectivity index (χ0n) is 8.88. The number of hydrogen-bond acceptors (Lipinski definition) is 3. The van der Waals surface area contributed by atoms with Crippen LogP contribution in [0.1, 0.15) is 17.3 Å². The van der Waals surface area contributed by atoms with Gasteiger partial charge >= 0.3 is 5.97 Å². The van der Waals surface area contributed by atoms with Crippen LogP contribution in [0.3, 0.4) is 0 Å². The molecule has 1 aliphatic heterocycles. The lowest BCUT2D eigenvalue weighted by Crippen LogP contribution is -2.53. The molecule has 16 heavy (non-hydrogen) atoms. The minimum Gasteiger partial charge on any atom is -0.481 e. The minimum atomic E-state index is -0.805. The van der Waals surface area contributed by atoms with Crippen LogP contribution in [0.4, 0.5) is 0 Å². The number of carbonyl (C=O) groups is 2. The number of nitrogens with one attached hydrogen (secondary N) is 1. The maximum Gasteiger partial charge on any atom is 0.306 e. The molecule has 0 bridgehead atoms. The van der Waals surface area contributed by atoms with Crippen LogP contribution in [0.15, 0.2) is 12.4 Å². The summed E-state index contributed by atoms with van der Waals surface area (Å²) in [4.78, 5) is 24.1. The maximum absolute atomic E-state index is 11.7. The van der Waals surface area contributed by atoms with Gasteiger partial charge in [-0.1, -0.05) is 6.92 Å². The molecule has 2 heterocycles. The van der Waals surface area contributed by atoms with Gasteiger partial charge in [0.15, 0.2) is 0 Å². The van der Waals surface area contributed by atoms with Crippen molar-refractivity contribution in [2.24, 2.45) is 11.8 Å². The maximum atomic E-state index is 11.7. The van der Waals surface area contributed by atoms with E-state index >= 15 is 0 Å². The van der Waals surface area contributed by atoms with Gasteiger partial charge in [-0.25, -0.2) is 0 Å². The minimum absolute atomic E-state index is 0.0633. The number of aliphatic carboxylic acids is 1. The molecule has 0 radical (unpaired) electrons. The van der Waals surface area contributed by atoms with Crippen molar-refractivity contribution in [3.05, 3.63) is 18.0 Å². The SMILES string of the molecule is CC(C(=O)O)C1CN(C(=O)c2cn[nH]c2)C1. The number of carboxylic acids is 1. The van der Waals surface area contributed by atoms with Crippen LogP contribution >= 0.6 is 0 Å². The largest absolute Gasteiger partial charge is 0.481 e. The Labute approximate surface area is 92.3 Å². The molecule has 1 aromatic rings. The lowest BCUT2D eigenvalue weighted by Gasteiger charge is -2.41. The molecule has 1 aliphatic rings. The summed E-state index contributed by atoms with van der Waals surface area (Å²) in [6, 6.07) is 0. The Bertz CT molecular complexity index is 395. The Balaban J connectivity index is 1.89. The van der Waals surface area contributed by atoms with E-state index in [9.17, 15) is 9.59 Å². The normalized spacial score (nSPS) is 17.9. The van der Waals surface area contributed by atoms with Crippen molar-refractivity contribution >= 4 is 11.9 Å². The van der Waals surface area contributed by atoms with Crippen molar-refractivity contribution < 1.29 is 14.7 Å². The fourth-order valence-corrected chi connectivity index (χ4v) is 1.75. The molecule has 6 nitrogen and oxygen atoms in total. The highest BCUT2D eigenvalue weighted by Crippen LogP contribution is 2.25. The lowest BCUT2D eigenvalue weighted by molar-refractivity contribution is -0.144. The summed E-state index contributed by atoms with van der Waals surface area (Å²) in [5.41, 5.74) is 0.515. The lowest BCUT2D eigenvalue weighted by atomic mass is 9.87. The van der Waals surface area contributed by atoms with Crippen molar-refractivity contribution in [1.29, 1.82) is 0 Å². The Hall–Kier alpha value is -1.85. The van der Waals surface area contributed by atoms with E-state index in [-0.39, 0.29) is 11.8 Å². The molecule has 1 unspecified atom stereocenters. The topological polar surface area (TPSA) is 86.3 Å². The third-order valence-corrected chi connectivity index (χ3v) is 3.04. The van der Waals surface area contributed by atoms with Crippen molar-refractivity contribution in [3.8, 4) is 0 Å². The van der Waals surface area contributed by atoms with E-state index in [0.29, 0.717) is 18.7 Å². The van der Waals surface area contributed by atoms with Crippen LogP contribution < -0.4 is 0 Å². The average Bonchev–Trinajstić information content (AvgIpc) is 2.67. The summed E-state index contributed by atoms with van der Waals surface area (Å²) in [5.74, 6) is -1.23. The molecular formula is C10H13N3O3. The molecule has 0 spiro atoms. The number of aromatic amines is 1. The molecule has 2 rings (SSSR count). The number of aromatic nitrogens is 2. The van der Waals surface area contributed by atoms with E-state index in [1.165, 1.54) is 12.4 Å². The second-order valence-corrected chi connectivity index (χ2v) is 4.08. The van der Waals surface area contributed by atoms with Gasteiger partial charge in [0.1, 0.15) is 0 Å². The summed E-state index contributed by atoms with van der Waals surface area (Å²) < 4.78 is 0. The van der Waals surface area contributed by atoms with Gasteiger partial charge in [-0.2, -0.15) is 5.10 Å². The molecule has 0 aromatic carbocycles. The first-order valence-electron chi connectivity index (χ1n) is 5.10. The van der Waals surface area contributed by atoms with Crippen molar-refractivity contribution in [2.75, 3.05) is 13.1 Å². The predicted octanol–water partition coefficient (Wildman–Crippen LogP) is 0.202. The van der Waals surface area contributed by atoms with Crippen LogP contribution in [0.2, 0.25) is 0 Å². The number of likely N-dealkylation sites (tertiary alicyclic amines) is 1. The molecule has 1 fully saturated rings. The highest BCUT2D eigenvalue weighted by molar-refractivity contribution is 5.94. The molecule has 2 N–H and O–H groups in total. The highest BCUT2D eigenvalue weighted by Gasteiger charge is 2.37. The quantitative estimate of drug-likeness (QED) is 0.766. The van der Waals surface area contributed by atoms with E-state index in [0.717, 1.165) is 0 Å².